The standard InChI is InChI=1S/C14H19F3N2O/c15-14(16,17)12-3-4-13(11(9-12)10-18)20-8-7-19-5-1-2-6-19/h3-4,9H,1-2,5-8,10,18H2. The van der Waals surface area contributed by atoms with Gasteiger partial charge in [0.25, 0.3) is 0 Å². The molecule has 2 rings (SSSR count). The molecule has 3 nitrogen and oxygen atoms in total. The Labute approximate surface area is 116 Å². The molecule has 1 fully saturated rings. The molecule has 0 atom stereocenters. The SMILES string of the molecule is NCc1cc(C(F)(F)F)ccc1OCCN1CCCC1. The number of likely N-dealkylation sites (tertiary alicyclic amines) is 1. The molecular formula is C14H19F3N2O. The van der Waals surface area contributed by atoms with Gasteiger partial charge in [-0.2, -0.15) is 13.2 Å². The second-order valence-corrected chi connectivity index (χ2v) is 4.92. The van der Waals surface area contributed by atoms with Gasteiger partial charge in [-0.3, -0.25) is 4.90 Å². The van der Waals surface area contributed by atoms with Crippen LogP contribution in [0.1, 0.15) is 24.0 Å². The van der Waals surface area contributed by atoms with Gasteiger partial charge < -0.3 is 10.5 Å². The van der Waals surface area contributed by atoms with Crippen LogP contribution >= 0.6 is 0 Å². The summed E-state index contributed by atoms with van der Waals surface area (Å²) < 4.78 is 43.4. The fraction of sp³-hybridized carbons (Fsp3) is 0.571. The van der Waals surface area contributed by atoms with Crippen LogP contribution in [0.3, 0.4) is 0 Å². The van der Waals surface area contributed by atoms with E-state index in [0.717, 1.165) is 31.8 Å². The van der Waals surface area contributed by atoms with Crippen molar-refractivity contribution in [1.29, 1.82) is 0 Å². The third-order valence-electron chi connectivity index (χ3n) is 3.47. The molecule has 1 heterocycles. The summed E-state index contributed by atoms with van der Waals surface area (Å²) in [5, 5.41) is 0. The van der Waals surface area contributed by atoms with Gasteiger partial charge in [0.2, 0.25) is 0 Å². The van der Waals surface area contributed by atoms with Gasteiger partial charge in [0, 0.05) is 18.7 Å². The Hall–Kier alpha value is -1.27. The zero-order chi connectivity index (χ0) is 14.6. The first-order valence-electron chi connectivity index (χ1n) is 6.76. The van der Waals surface area contributed by atoms with Gasteiger partial charge in [-0.15, -0.1) is 0 Å². The van der Waals surface area contributed by atoms with Crippen LogP contribution in [0.15, 0.2) is 18.2 Å². The number of alkyl halides is 3. The van der Waals surface area contributed by atoms with Crippen LogP contribution in [0, 0.1) is 0 Å². The molecule has 0 spiro atoms. The fourth-order valence-electron chi connectivity index (χ4n) is 2.35. The van der Waals surface area contributed by atoms with Crippen molar-refractivity contribution < 1.29 is 17.9 Å². The lowest BCUT2D eigenvalue weighted by Gasteiger charge is -2.17. The molecule has 112 valence electrons. The molecule has 1 aliphatic heterocycles. The van der Waals surface area contributed by atoms with Crippen molar-refractivity contribution in [2.75, 3.05) is 26.2 Å². The molecular weight excluding hydrogens is 269 g/mol. The third kappa shape index (κ3) is 3.86. The van der Waals surface area contributed by atoms with Crippen LogP contribution in [-0.2, 0) is 12.7 Å². The van der Waals surface area contributed by atoms with Crippen LogP contribution in [0.5, 0.6) is 5.75 Å². The molecule has 0 amide bonds. The van der Waals surface area contributed by atoms with Gasteiger partial charge in [-0.05, 0) is 44.1 Å². The van der Waals surface area contributed by atoms with E-state index in [-0.39, 0.29) is 6.54 Å². The van der Waals surface area contributed by atoms with Crippen molar-refractivity contribution in [2.24, 2.45) is 5.73 Å². The quantitative estimate of drug-likeness (QED) is 0.905. The zero-order valence-electron chi connectivity index (χ0n) is 11.2. The van der Waals surface area contributed by atoms with E-state index < -0.39 is 11.7 Å². The molecule has 0 aliphatic carbocycles. The van der Waals surface area contributed by atoms with Crippen molar-refractivity contribution in [1.82, 2.24) is 4.90 Å². The Bertz CT molecular complexity index is 443. The molecule has 0 radical (unpaired) electrons. The number of hydrogen-bond donors (Lipinski definition) is 1. The van der Waals surface area contributed by atoms with E-state index in [1.807, 2.05) is 0 Å². The summed E-state index contributed by atoms with van der Waals surface area (Å²) in [6.07, 6.45) is -1.94. The predicted octanol–water partition coefficient (Wildman–Crippen LogP) is 2.64. The molecule has 1 saturated heterocycles. The van der Waals surface area contributed by atoms with Gasteiger partial charge in [-0.1, -0.05) is 0 Å². The lowest BCUT2D eigenvalue weighted by Crippen LogP contribution is -2.25. The minimum Gasteiger partial charge on any atom is -0.492 e. The summed E-state index contributed by atoms with van der Waals surface area (Å²) in [7, 11) is 0. The predicted molar refractivity (Wildman–Crippen MR) is 70.5 cm³/mol. The van der Waals surface area contributed by atoms with E-state index >= 15 is 0 Å². The van der Waals surface area contributed by atoms with Crippen LogP contribution in [0.25, 0.3) is 0 Å². The third-order valence-corrected chi connectivity index (χ3v) is 3.47. The highest BCUT2D eigenvalue weighted by molar-refractivity contribution is 5.38. The number of ether oxygens (including phenoxy) is 1. The van der Waals surface area contributed by atoms with E-state index in [2.05, 4.69) is 4.90 Å². The maximum Gasteiger partial charge on any atom is 0.416 e. The van der Waals surface area contributed by atoms with Gasteiger partial charge in [0.05, 0.1) is 5.56 Å². The molecule has 0 unspecified atom stereocenters. The highest BCUT2D eigenvalue weighted by Crippen LogP contribution is 2.32. The van der Waals surface area contributed by atoms with Crippen LogP contribution in [0.4, 0.5) is 13.2 Å². The first-order chi connectivity index (χ1) is 9.50. The Balaban J connectivity index is 1.96. The monoisotopic (exact) mass is 288 g/mol. The first kappa shape index (κ1) is 15.1. The zero-order valence-corrected chi connectivity index (χ0v) is 11.2. The number of rotatable bonds is 5. The molecule has 0 bridgehead atoms. The Morgan fingerprint density at radius 3 is 2.50 bits per heavy atom. The summed E-state index contributed by atoms with van der Waals surface area (Å²) in [5.41, 5.74) is 5.20. The summed E-state index contributed by atoms with van der Waals surface area (Å²) in [5.74, 6) is 0.444. The number of halogens is 3. The number of nitrogens with zero attached hydrogens (tertiary/aromatic N) is 1. The Kier molecular flexibility index (Phi) is 4.88. The molecule has 1 aromatic rings. The molecule has 1 aromatic carbocycles. The second-order valence-electron chi connectivity index (χ2n) is 4.92. The minimum absolute atomic E-state index is 0.0307. The summed E-state index contributed by atoms with van der Waals surface area (Å²) in [6.45, 7) is 3.44. The average Bonchev–Trinajstić information content (AvgIpc) is 2.91. The fourth-order valence-corrected chi connectivity index (χ4v) is 2.35. The van der Waals surface area contributed by atoms with E-state index in [1.165, 1.54) is 18.9 Å². The summed E-state index contributed by atoms with van der Waals surface area (Å²) in [6, 6.07) is 3.45. The van der Waals surface area contributed by atoms with Crippen molar-refractivity contribution in [3.05, 3.63) is 29.3 Å². The topological polar surface area (TPSA) is 38.5 Å². The van der Waals surface area contributed by atoms with E-state index in [1.54, 1.807) is 0 Å². The lowest BCUT2D eigenvalue weighted by atomic mass is 10.1. The molecule has 0 aromatic heterocycles. The molecule has 6 heteroatoms. The van der Waals surface area contributed by atoms with E-state index in [4.69, 9.17) is 10.5 Å². The average molecular weight is 288 g/mol. The normalized spacial score (nSPS) is 16.6. The second kappa shape index (κ2) is 6.45. The highest BCUT2D eigenvalue weighted by Gasteiger charge is 2.31. The number of benzene rings is 1. The van der Waals surface area contributed by atoms with Crippen LogP contribution < -0.4 is 10.5 Å². The van der Waals surface area contributed by atoms with Crippen LogP contribution in [0.2, 0.25) is 0 Å². The molecule has 1 aliphatic rings. The Morgan fingerprint density at radius 1 is 1.20 bits per heavy atom. The minimum atomic E-state index is -4.35. The molecule has 2 N–H and O–H groups in total. The van der Waals surface area contributed by atoms with Gasteiger partial charge >= 0.3 is 6.18 Å². The first-order valence-corrected chi connectivity index (χ1v) is 6.76. The van der Waals surface area contributed by atoms with E-state index in [9.17, 15) is 13.2 Å². The van der Waals surface area contributed by atoms with Crippen molar-refractivity contribution >= 4 is 0 Å². The molecule has 0 saturated carbocycles. The van der Waals surface area contributed by atoms with Gasteiger partial charge in [0.15, 0.2) is 0 Å². The lowest BCUT2D eigenvalue weighted by molar-refractivity contribution is -0.137. The highest BCUT2D eigenvalue weighted by atomic mass is 19.4. The smallest absolute Gasteiger partial charge is 0.416 e. The van der Waals surface area contributed by atoms with Gasteiger partial charge in [-0.25, -0.2) is 0 Å². The van der Waals surface area contributed by atoms with Crippen molar-refractivity contribution in [3.63, 3.8) is 0 Å². The van der Waals surface area contributed by atoms with Crippen LogP contribution in [-0.4, -0.2) is 31.1 Å². The van der Waals surface area contributed by atoms with Crippen molar-refractivity contribution in [3.8, 4) is 5.75 Å². The molecule has 20 heavy (non-hydrogen) atoms. The van der Waals surface area contributed by atoms with E-state index in [0.29, 0.717) is 17.9 Å². The largest absolute Gasteiger partial charge is 0.492 e. The van der Waals surface area contributed by atoms with Gasteiger partial charge in [0.1, 0.15) is 12.4 Å². The van der Waals surface area contributed by atoms with Crippen molar-refractivity contribution in [2.45, 2.75) is 25.6 Å². The number of hydrogen-bond acceptors (Lipinski definition) is 3. The maximum atomic E-state index is 12.6. The summed E-state index contributed by atoms with van der Waals surface area (Å²) in [4.78, 5) is 2.28. The Morgan fingerprint density at radius 2 is 1.90 bits per heavy atom. The summed E-state index contributed by atoms with van der Waals surface area (Å²) >= 11 is 0. The maximum absolute atomic E-state index is 12.6. The number of nitrogens with two attached hydrogens (primary N) is 1.